The van der Waals surface area contributed by atoms with Gasteiger partial charge in [0.2, 0.25) is 0 Å². The summed E-state index contributed by atoms with van der Waals surface area (Å²) in [5.74, 6) is 1.63. The number of anilines is 2. The maximum atomic E-state index is 9.66. The van der Waals surface area contributed by atoms with E-state index in [4.69, 9.17) is 4.74 Å². The zero-order valence-corrected chi connectivity index (χ0v) is 22.0. The minimum absolute atomic E-state index is 0.141. The van der Waals surface area contributed by atoms with Gasteiger partial charge in [0.05, 0.1) is 11.1 Å². The maximum Gasteiger partial charge on any atom is 0.164 e. The number of hydrogen-bond acceptors (Lipinski definition) is 7. The fourth-order valence-corrected chi connectivity index (χ4v) is 5.01. The molecule has 0 radical (unpaired) electrons. The number of rotatable bonds is 7. The van der Waals surface area contributed by atoms with E-state index < -0.39 is 0 Å². The summed E-state index contributed by atoms with van der Waals surface area (Å²) in [6, 6.07) is 25.1. The Morgan fingerprint density at radius 3 is 2.61 bits per heavy atom. The van der Waals surface area contributed by atoms with Gasteiger partial charge in [0, 0.05) is 26.0 Å². The zero-order valence-electron chi connectivity index (χ0n) is 19.6. The molecule has 0 aliphatic carbocycles. The Kier molecular flexibility index (Phi) is 7.06. The van der Waals surface area contributed by atoms with Crippen LogP contribution in [0.15, 0.2) is 99.5 Å². The van der Waals surface area contributed by atoms with Gasteiger partial charge < -0.3 is 15.2 Å². The van der Waals surface area contributed by atoms with Crippen molar-refractivity contribution in [3.63, 3.8) is 0 Å². The molecule has 0 aliphatic rings. The molecule has 1 unspecified atom stereocenters. The lowest BCUT2D eigenvalue weighted by Crippen LogP contribution is -2.04. The number of nitrogens with one attached hydrogen (secondary N) is 1. The third kappa shape index (κ3) is 5.61. The van der Waals surface area contributed by atoms with Gasteiger partial charge in [-0.2, -0.15) is 0 Å². The molecular weight excluding hydrogens is 536 g/mol. The van der Waals surface area contributed by atoms with Crippen molar-refractivity contribution in [1.82, 2.24) is 15.0 Å². The highest BCUT2D eigenvalue weighted by atomic mass is 79.9. The summed E-state index contributed by atoms with van der Waals surface area (Å²) in [6.45, 7) is 3.97. The van der Waals surface area contributed by atoms with E-state index in [9.17, 15) is 5.11 Å². The van der Waals surface area contributed by atoms with Crippen molar-refractivity contribution >= 4 is 50.2 Å². The Bertz CT molecular complexity index is 1530. The second-order valence-electron chi connectivity index (χ2n) is 8.24. The third-order valence-corrected chi connectivity index (χ3v) is 7.11. The van der Waals surface area contributed by atoms with Gasteiger partial charge >= 0.3 is 0 Å². The van der Waals surface area contributed by atoms with Crippen molar-refractivity contribution < 1.29 is 9.84 Å². The molecule has 5 aromatic rings. The second kappa shape index (κ2) is 10.6. The molecule has 0 saturated carbocycles. The fraction of sp³-hybridized carbons (Fsp3) is 0.107. The topological polar surface area (TPSA) is 80.2 Å². The quantitative estimate of drug-likeness (QED) is 0.210. The van der Waals surface area contributed by atoms with Gasteiger partial charge in [0.25, 0.3) is 0 Å². The zero-order chi connectivity index (χ0) is 25.1. The molecule has 0 fully saturated rings. The van der Waals surface area contributed by atoms with E-state index in [0.717, 1.165) is 42.3 Å². The fourth-order valence-electron chi connectivity index (χ4n) is 3.71. The Balaban J connectivity index is 1.50. The number of pyridine rings is 1. The van der Waals surface area contributed by atoms with Crippen LogP contribution < -0.4 is 10.1 Å². The molecule has 0 spiro atoms. The molecule has 36 heavy (non-hydrogen) atoms. The third-order valence-electron chi connectivity index (χ3n) is 5.54. The van der Waals surface area contributed by atoms with Crippen LogP contribution in [0.5, 0.6) is 11.5 Å². The van der Waals surface area contributed by atoms with Crippen molar-refractivity contribution in [2.45, 2.75) is 29.7 Å². The molecule has 1 atom stereocenters. The average Bonchev–Trinajstić information content (AvgIpc) is 2.87. The largest absolute Gasteiger partial charge is 0.508 e. The summed E-state index contributed by atoms with van der Waals surface area (Å²) in [5.41, 5.74) is 3.45. The van der Waals surface area contributed by atoms with Crippen molar-refractivity contribution in [2.24, 2.45) is 0 Å². The van der Waals surface area contributed by atoms with Crippen molar-refractivity contribution in [2.75, 3.05) is 5.32 Å². The number of nitrogens with zero attached hydrogens (tertiary/aromatic N) is 3. The van der Waals surface area contributed by atoms with Crippen LogP contribution >= 0.6 is 27.7 Å². The molecule has 2 heterocycles. The molecule has 6 nitrogen and oxygen atoms in total. The number of phenolic OH excluding ortho intramolecular Hbond substituents is 1. The van der Waals surface area contributed by atoms with Gasteiger partial charge in [-0.3, -0.25) is 0 Å². The van der Waals surface area contributed by atoms with E-state index in [1.165, 1.54) is 6.33 Å². The van der Waals surface area contributed by atoms with Gasteiger partial charge in [-0.15, -0.1) is 0 Å². The standard InChI is InChI=1S/C28H23BrN4O2S/c1-17-6-12-24-27(32-17)30-16-31-28(24)33-25-15-22(35-18(2)19-4-3-5-20(29)14-19)9-13-26(25)36-23-10-7-21(34)8-11-23/h3-16,18,34H,1-2H3,(H,30,31,32,33). The van der Waals surface area contributed by atoms with E-state index >= 15 is 0 Å². The minimum Gasteiger partial charge on any atom is -0.508 e. The minimum atomic E-state index is -0.141. The number of fused-ring (bicyclic) bond motifs is 1. The molecule has 0 bridgehead atoms. The first-order chi connectivity index (χ1) is 17.4. The first-order valence-electron chi connectivity index (χ1n) is 11.3. The molecule has 0 amide bonds. The van der Waals surface area contributed by atoms with Gasteiger partial charge in [-0.1, -0.05) is 39.8 Å². The molecule has 2 aromatic heterocycles. The van der Waals surface area contributed by atoms with Crippen LogP contribution in [0.1, 0.15) is 24.3 Å². The predicted octanol–water partition coefficient (Wildman–Crippen LogP) is 7.84. The molecule has 3 aromatic carbocycles. The lowest BCUT2D eigenvalue weighted by molar-refractivity contribution is 0.227. The Hall–Kier alpha value is -3.62. The Morgan fingerprint density at radius 2 is 1.81 bits per heavy atom. The number of phenols is 1. The summed E-state index contributed by atoms with van der Waals surface area (Å²) in [4.78, 5) is 15.3. The van der Waals surface area contributed by atoms with Crippen LogP contribution in [0, 0.1) is 6.92 Å². The van der Waals surface area contributed by atoms with E-state index in [2.05, 4.69) is 42.3 Å². The SMILES string of the molecule is Cc1ccc2c(Nc3cc(OC(C)c4cccc(Br)c4)ccc3Sc3ccc(O)cc3)ncnc2n1. The van der Waals surface area contributed by atoms with Crippen LogP contribution in [0.3, 0.4) is 0 Å². The number of aryl methyl sites for hydroxylation is 1. The summed E-state index contributed by atoms with van der Waals surface area (Å²) in [7, 11) is 0. The van der Waals surface area contributed by atoms with Crippen molar-refractivity contribution in [3.05, 3.63) is 101 Å². The van der Waals surface area contributed by atoms with Gasteiger partial charge in [-0.05, 0) is 80.1 Å². The highest BCUT2D eigenvalue weighted by Crippen LogP contribution is 2.39. The molecule has 5 rings (SSSR count). The van der Waals surface area contributed by atoms with E-state index in [1.807, 2.05) is 74.5 Å². The van der Waals surface area contributed by atoms with Crippen LogP contribution in [-0.4, -0.2) is 20.1 Å². The van der Waals surface area contributed by atoms with E-state index in [0.29, 0.717) is 11.5 Å². The average molecular weight is 559 g/mol. The first kappa shape index (κ1) is 24.1. The Labute approximate surface area is 221 Å². The molecule has 8 heteroatoms. The van der Waals surface area contributed by atoms with Gasteiger partial charge in [0.15, 0.2) is 5.65 Å². The van der Waals surface area contributed by atoms with Gasteiger partial charge in [-0.25, -0.2) is 15.0 Å². The molecule has 0 aliphatic heterocycles. The first-order valence-corrected chi connectivity index (χ1v) is 12.9. The number of halogens is 1. The number of aromatic hydroxyl groups is 1. The second-order valence-corrected chi connectivity index (χ2v) is 10.3. The highest BCUT2D eigenvalue weighted by molar-refractivity contribution is 9.10. The highest BCUT2D eigenvalue weighted by Gasteiger charge is 2.14. The lowest BCUT2D eigenvalue weighted by Gasteiger charge is -2.18. The van der Waals surface area contributed by atoms with E-state index in [1.54, 1.807) is 23.9 Å². The predicted molar refractivity (Wildman–Crippen MR) is 147 cm³/mol. The van der Waals surface area contributed by atoms with Crippen LogP contribution in [0.25, 0.3) is 11.0 Å². The molecule has 2 N–H and O–H groups in total. The maximum absolute atomic E-state index is 9.66. The van der Waals surface area contributed by atoms with Crippen molar-refractivity contribution in [1.29, 1.82) is 0 Å². The summed E-state index contributed by atoms with van der Waals surface area (Å²) < 4.78 is 7.32. The lowest BCUT2D eigenvalue weighted by atomic mass is 10.1. The number of ether oxygens (including phenoxy) is 1. The Morgan fingerprint density at radius 1 is 0.972 bits per heavy atom. The number of hydrogen-bond donors (Lipinski definition) is 2. The summed E-state index contributed by atoms with van der Waals surface area (Å²) in [6.07, 6.45) is 1.37. The normalized spacial score (nSPS) is 11.9. The van der Waals surface area contributed by atoms with Gasteiger partial charge in [0.1, 0.15) is 29.7 Å². The van der Waals surface area contributed by atoms with E-state index in [-0.39, 0.29) is 11.9 Å². The monoisotopic (exact) mass is 558 g/mol. The number of benzene rings is 3. The molecular formula is C28H23BrN4O2S. The number of aromatic nitrogens is 3. The van der Waals surface area contributed by atoms with Crippen LogP contribution in [0.2, 0.25) is 0 Å². The van der Waals surface area contributed by atoms with Crippen LogP contribution in [0.4, 0.5) is 11.5 Å². The molecule has 180 valence electrons. The molecule has 0 saturated heterocycles. The summed E-state index contributed by atoms with van der Waals surface area (Å²) in [5, 5.41) is 14.0. The van der Waals surface area contributed by atoms with Crippen LogP contribution in [-0.2, 0) is 0 Å². The summed E-state index contributed by atoms with van der Waals surface area (Å²) >= 11 is 5.11. The van der Waals surface area contributed by atoms with Crippen molar-refractivity contribution in [3.8, 4) is 11.5 Å². The smallest absolute Gasteiger partial charge is 0.164 e.